The molecule has 9 nitrogen and oxygen atoms in total. The number of aliphatic hydroxyl groups is 2. The third-order valence-electron chi connectivity index (χ3n) is 5.92. The van der Waals surface area contributed by atoms with E-state index in [2.05, 4.69) is 0 Å². The van der Waals surface area contributed by atoms with Crippen molar-refractivity contribution in [2.75, 3.05) is 13.2 Å². The lowest BCUT2D eigenvalue weighted by molar-refractivity contribution is -0.281. The molecule has 2 aliphatic heterocycles. The van der Waals surface area contributed by atoms with E-state index in [-0.39, 0.29) is 43.2 Å². The Morgan fingerprint density at radius 2 is 1.59 bits per heavy atom. The number of benzene rings is 2. The Labute approximate surface area is 196 Å². The van der Waals surface area contributed by atoms with E-state index in [1.54, 1.807) is 12.1 Å². The molecule has 2 heterocycles. The number of Topliss-reactive ketones (excluding diaryl/α,β-unsaturated/α-hetero) is 1. The van der Waals surface area contributed by atoms with Crippen molar-refractivity contribution < 1.29 is 38.8 Å². The molecule has 1 saturated heterocycles. The summed E-state index contributed by atoms with van der Waals surface area (Å²) >= 11 is 0. The van der Waals surface area contributed by atoms with Crippen molar-refractivity contribution in [3.8, 4) is 0 Å². The Kier molecular flexibility index (Phi) is 7.50. The van der Waals surface area contributed by atoms with E-state index in [1.165, 1.54) is 19.1 Å². The van der Waals surface area contributed by atoms with Crippen LogP contribution in [0.3, 0.4) is 0 Å². The number of imide groups is 1. The highest BCUT2D eigenvalue weighted by atomic mass is 16.7. The summed E-state index contributed by atoms with van der Waals surface area (Å²) in [5.74, 6) is -1.34. The second kappa shape index (κ2) is 10.5. The molecule has 0 radical (unpaired) electrons. The van der Waals surface area contributed by atoms with Gasteiger partial charge in [-0.1, -0.05) is 42.5 Å². The highest BCUT2D eigenvalue weighted by Crippen LogP contribution is 2.33. The molecule has 0 saturated carbocycles. The molecular weight excluding hydrogens is 442 g/mol. The van der Waals surface area contributed by atoms with Gasteiger partial charge in [0, 0.05) is 6.42 Å². The fourth-order valence-corrected chi connectivity index (χ4v) is 4.13. The van der Waals surface area contributed by atoms with Crippen LogP contribution in [-0.4, -0.2) is 76.6 Å². The van der Waals surface area contributed by atoms with Crippen molar-refractivity contribution >= 4 is 17.6 Å². The van der Waals surface area contributed by atoms with Crippen LogP contribution >= 0.6 is 0 Å². The number of rotatable bonds is 9. The van der Waals surface area contributed by atoms with Crippen molar-refractivity contribution in [2.24, 2.45) is 0 Å². The van der Waals surface area contributed by atoms with Crippen molar-refractivity contribution in [1.82, 2.24) is 4.90 Å². The minimum absolute atomic E-state index is 0.0416. The summed E-state index contributed by atoms with van der Waals surface area (Å²) in [5.41, 5.74) is 1.32. The summed E-state index contributed by atoms with van der Waals surface area (Å²) < 4.78 is 17.3. The Hall–Kier alpha value is -2.95. The smallest absolute Gasteiger partial charge is 0.262 e. The number of ether oxygens (including phenoxy) is 3. The number of ketones is 1. The van der Waals surface area contributed by atoms with Crippen LogP contribution in [0.2, 0.25) is 0 Å². The number of carbonyl (C=O) groups excluding carboxylic acids is 3. The zero-order valence-electron chi connectivity index (χ0n) is 18.7. The zero-order valence-corrected chi connectivity index (χ0v) is 18.7. The Morgan fingerprint density at radius 3 is 2.21 bits per heavy atom. The molecule has 2 N–H and O–H groups in total. The van der Waals surface area contributed by atoms with Gasteiger partial charge in [-0.3, -0.25) is 19.3 Å². The second-order valence-electron chi connectivity index (χ2n) is 8.36. The van der Waals surface area contributed by atoms with Gasteiger partial charge in [0.2, 0.25) is 0 Å². The van der Waals surface area contributed by atoms with Gasteiger partial charge in [0.05, 0.1) is 30.9 Å². The van der Waals surface area contributed by atoms with Crippen LogP contribution in [0.4, 0.5) is 0 Å². The lowest BCUT2D eigenvalue weighted by Crippen LogP contribution is -2.65. The third kappa shape index (κ3) is 4.94. The summed E-state index contributed by atoms with van der Waals surface area (Å²) in [6, 6.07) is 14.4. The fraction of sp³-hybridized carbons (Fsp3) is 0.400. The van der Waals surface area contributed by atoms with Crippen molar-refractivity contribution in [2.45, 2.75) is 50.6 Å². The molecule has 5 atom stereocenters. The predicted molar refractivity (Wildman–Crippen MR) is 119 cm³/mol. The van der Waals surface area contributed by atoms with E-state index in [9.17, 15) is 24.6 Å². The minimum Gasteiger partial charge on any atom is -0.388 e. The van der Waals surface area contributed by atoms with Crippen LogP contribution in [0, 0.1) is 0 Å². The van der Waals surface area contributed by atoms with Gasteiger partial charge >= 0.3 is 0 Å². The van der Waals surface area contributed by atoms with Gasteiger partial charge in [-0.25, -0.2) is 0 Å². The summed E-state index contributed by atoms with van der Waals surface area (Å²) in [6.45, 7) is 1.57. The summed E-state index contributed by atoms with van der Waals surface area (Å²) in [6.07, 6.45) is -5.15. The predicted octanol–water partition coefficient (Wildman–Crippen LogP) is 1.31. The number of hydrogen-bond donors (Lipinski definition) is 2. The van der Waals surface area contributed by atoms with E-state index in [0.717, 1.165) is 10.5 Å². The third-order valence-corrected chi connectivity index (χ3v) is 5.92. The second-order valence-corrected chi connectivity index (χ2v) is 8.36. The number of hydrogen-bond acceptors (Lipinski definition) is 8. The summed E-state index contributed by atoms with van der Waals surface area (Å²) in [5, 5.41) is 21.8. The highest BCUT2D eigenvalue weighted by Gasteiger charge is 2.53. The van der Waals surface area contributed by atoms with Gasteiger partial charge < -0.3 is 24.4 Å². The van der Waals surface area contributed by atoms with Gasteiger partial charge in [0.15, 0.2) is 6.29 Å². The van der Waals surface area contributed by atoms with E-state index < -0.39 is 42.5 Å². The molecule has 0 spiro atoms. The quantitative estimate of drug-likeness (QED) is 0.527. The molecule has 34 heavy (non-hydrogen) atoms. The van der Waals surface area contributed by atoms with Gasteiger partial charge in [-0.15, -0.1) is 0 Å². The van der Waals surface area contributed by atoms with Crippen LogP contribution < -0.4 is 0 Å². The molecule has 2 amide bonds. The molecule has 180 valence electrons. The number of aliphatic hydroxyl groups excluding tert-OH is 2. The summed E-state index contributed by atoms with van der Waals surface area (Å²) in [4.78, 5) is 38.3. The van der Waals surface area contributed by atoms with Crippen LogP contribution in [0.25, 0.3) is 0 Å². The molecule has 2 aromatic rings. The van der Waals surface area contributed by atoms with Crippen molar-refractivity contribution in [3.05, 3.63) is 71.3 Å². The SMILES string of the molecule is CC(=O)CCO[C@@H]1O[C@H](COCc2ccccc2)[C@@H](O)[C@H](O)[C@H]1N1C(=O)c2ccccc2C1=O. The van der Waals surface area contributed by atoms with E-state index >= 15 is 0 Å². The van der Waals surface area contributed by atoms with E-state index in [1.807, 2.05) is 30.3 Å². The molecule has 2 aromatic carbocycles. The van der Waals surface area contributed by atoms with E-state index in [4.69, 9.17) is 14.2 Å². The largest absolute Gasteiger partial charge is 0.388 e. The lowest BCUT2D eigenvalue weighted by Gasteiger charge is -2.45. The molecule has 0 aliphatic carbocycles. The topological polar surface area (TPSA) is 123 Å². The van der Waals surface area contributed by atoms with Gasteiger partial charge in [-0.2, -0.15) is 0 Å². The average Bonchev–Trinajstić information content (AvgIpc) is 3.08. The first-order chi connectivity index (χ1) is 16.4. The maximum atomic E-state index is 13.0. The maximum Gasteiger partial charge on any atom is 0.262 e. The molecule has 9 heteroatoms. The van der Waals surface area contributed by atoms with Gasteiger partial charge in [0.1, 0.15) is 30.1 Å². The van der Waals surface area contributed by atoms with Gasteiger partial charge in [0.25, 0.3) is 11.8 Å². The van der Waals surface area contributed by atoms with Crippen LogP contribution in [0.1, 0.15) is 39.6 Å². The molecule has 4 rings (SSSR count). The maximum absolute atomic E-state index is 13.0. The van der Waals surface area contributed by atoms with Crippen molar-refractivity contribution in [1.29, 1.82) is 0 Å². The lowest BCUT2D eigenvalue weighted by atomic mass is 9.95. The van der Waals surface area contributed by atoms with Gasteiger partial charge in [-0.05, 0) is 24.6 Å². The molecule has 0 aromatic heterocycles. The first-order valence-electron chi connectivity index (χ1n) is 11.1. The molecular formula is C25H27NO8. The molecule has 2 aliphatic rings. The monoisotopic (exact) mass is 469 g/mol. The first-order valence-corrected chi connectivity index (χ1v) is 11.1. The number of carbonyl (C=O) groups is 3. The zero-order chi connectivity index (χ0) is 24.2. The highest BCUT2D eigenvalue weighted by molar-refractivity contribution is 6.21. The number of fused-ring (bicyclic) bond motifs is 1. The first kappa shape index (κ1) is 24.2. The standard InChI is InChI=1S/C25H27NO8/c1-15(27)11-12-33-25-20(26-23(30)17-9-5-6-10-18(17)24(26)31)22(29)21(28)19(34-25)14-32-13-16-7-3-2-4-8-16/h2-10,19-22,25,28-29H,11-14H2,1H3/t19-,20-,21-,22-,25-/m1/s1. The van der Waals surface area contributed by atoms with Crippen LogP contribution in [-0.2, 0) is 25.6 Å². The number of amides is 2. The van der Waals surface area contributed by atoms with Crippen molar-refractivity contribution in [3.63, 3.8) is 0 Å². The summed E-state index contributed by atoms with van der Waals surface area (Å²) in [7, 11) is 0. The Morgan fingerprint density at radius 1 is 0.971 bits per heavy atom. The Bertz CT molecular complexity index is 1010. The number of nitrogens with zero attached hydrogens (tertiary/aromatic N) is 1. The fourth-order valence-electron chi connectivity index (χ4n) is 4.13. The minimum atomic E-state index is -1.55. The molecule has 1 fully saturated rings. The molecule has 0 unspecified atom stereocenters. The Balaban J connectivity index is 1.52. The van der Waals surface area contributed by atoms with Crippen LogP contribution in [0.5, 0.6) is 0 Å². The average molecular weight is 469 g/mol. The van der Waals surface area contributed by atoms with E-state index in [0.29, 0.717) is 0 Å². The molecule has 0 bridgehead atoms. The normalized spacial score (nSPS) is 26.6. The van der Waals surface area contributed by atoms with Crippen LogP contribution in [0.15, 0.2) is 54.6 Å².